The second-order valence-corrected chi connectivity index (χ2v) is 8.14. The molecule has 1 aromatic rings. The molecule has 0 saturated heterocycles. The molecule has 0 bridgehead atoms. The van der Waals surface area contributed by atoms with E-state index in [1.165, 1.54) is 12.1 Å². The summed E-state index contributed by atoms with van der Waals surface area (Å²) in [5, 5.41) is 0. The minimum atomic E-state index is -4.39. The minimum Gasteiger partial charge on any atom is -0.207 e. The standard InChI is InChI=1S/C14H17BrF3NO2S/c1-9-8-10(6-7-12(9)15)22(20,21)19-13-5-3-2-4-11(13)14(16,17)18/h6-8,11,13,19H,2-5H2,1H3. The molecule has 0 heterocycles. The Morgan fingerprint density at radius 1 is 1.23 bits per heavy atom. The van der Waals surface area contributed by atoms with Crippen molar-refractivity contribution < 1.29 is 21.6 Å². The first-order chi connectivity index (χ1) is 10.1. The first-order valence-corrected chi connectivity index (χ1v) is 9.24. The van der Waals surface area contributed by atoms with Gasteiger partial charge < -0.3 is 0 Å². The van der Waals surface area contributed by atoms with Crippen LogP contribution >= 0.6 is 15.9 Å². The van der Waals surface area contributed by atoms with Gasteiger partial charge in [0.25, 0.3) is 0 Å². The quantitative estimate of drug-likeness (QED) is 0.829. The van der Waals surface area contributed by atoms with Crippen molar-refractivity contribution in [1.29, 1.82) is 0 Å². The maximum Gasteiger partial charge on any atom is 0.393 e. The largest absolute Gasteiger partial charge is 0.393 e. The van der Waals surface area contributed by atoms with Crippen LogP contribution in [0.5, 0.6) is 0 Å². The summed E-state index contributed by atoms with van der Waals surface area (Å²) < 4.78 is 66.8. The second kappa shape index (κ2) is 6.49. The van der Waals surface area contributed by atoms with Gasteiger partial charge in [0.1, 0.15) is 0 Å². The monoisotopic (exact) mass is 399 g/mol. The van der Waals surface area contributed by atoms with Gasteiger partial charge in [0.05, 0.1) is 10.8 Å². The number of halogens is 4. The molecule has 0 amide bonds. The third kappa shape index (κ3) is 4.02. The zero-order chi connectivity index (χ0) is 16.5. The van der Waals surface area contributed by atoms with Crippen molar-refractivity contribution in [2.24, 2.45) is 5.92 Å². The Kier molecular flexibility index (Phi) is 5.23. The van der Waals surface area contributed by atoms with E-state index in [0.29, 0.717) is 18.4 Å². The average Bonchev–Trinajstić information content (AvgIpc) is 2.40. The van der Waals surface area contributed by atoms with E-state index in [9.17, 15) is 21.6 Å². The first-order valence-electron chi connectivity index (χ1n) is 6.96. The van der Waals surface area contributed by atoms with Crippen molar-refractivity contribution in [2.75, 3.05) is 0 Å². The van der Waals surface area contributed by atoms with E-state index in [2.05, 4.69) is 20.7 Å². The van der Waals surface area contributed by atoms with Crippen LogP contribution in [0.1, 0.15) is 31.2 Å². The van der Waals surface area contributed by atoms with Crippen molar-refractivity contribution in [1.82, 2.24) is 4.72 Å². The Bertz CT molecular complexity index is 646. The lowest BCUT2D eigenvalue weighted by Crippen LogP contribution is -2.47. The summed E-state index contributed by atoms with van der Waals surface area (Å²) in [6.45, 7) is 1.72. The van der Waals surface area contributed by atoms with Crippen LogP contribution in [0.2, 0.25) is 0 Å². The summed E-state index contributed by atoms with van der Waals surface area (Å²) in [5.74, 6) is -1.62. The Morgan fingerprint density at radius 2 is 1.86 bits per heavy atom. The van der Waals surface area contributed by atoms with Crippen molar-refractivity contribution in [3.63, 3.8) is 0 Å². The molecule has 1 aliphatic carbocycles. The van der Waals surface area contributed by atoms with E-state index < -0.39 is 28.2 Å². The molecule has 1 N–H and O–H groups in total. The molecule has 3 nitrogen and oxygen atoms in total. The fourth-order valence-electron chi connectivity index (χ4n) is 2.72. The van der Waals surface area contributed by atoms with Gasteiger partial charge in [-0.25, -0.2) is 13.1 Å². The molecule has 1 aliphatic rings. The van der Waals surface area contributed by atoms with Gasteiger partial charge in [0, 0.05) is 10.5 Å². The fourth-order valence-corrected chi connectivity index (χ4v) is 4.36. The van der Waals surface area contributed by atoms with E-state index in [1.54, 1.807) is 13.0 Å². The van der Waals surface area contributed by atoms with Crippen molar-refractivity contribution in [3.05, 3.63) is 28.2 Å². The van der Waals surface area contributed by atoms with Crippen LogP contribution in [0.25, 0.3) is 0 Å². The SMILES string of the molecule is Cc1cc(S(=O)(=O)NC2CCCCC2C(F)(F)F)ccc1Br. The molecule has 22 heavy (non-hydrogen) atoms. The molecule has 1 saturated carbocycles. The van der Waals surface area contributed by atoms with E-state index in [-0.39, 0.29) is 17.7 Å². The molecule has 1 fully saturated rings. The van der Waals surface area contributed by atoms with Crippen LogP contribution in [0.3, 0.4) is 0 Å². The zero-order valence-corrected chi connectivity index (χ0v) is 14.4. The lowest BCUT2D eigenvalue weighted by Gasteiger charge is -2.33. The molecule has 2 unspecified atom stereocenters. The zero-order valence-electron chi connectivity index (χ0n) is 12.0. The number of sulfonamides is 1. The lowest BCUT2D eigenvalue weighted by atomic mass is 9.85. The predicted octanol–water partition coefficient (Wildman–Crippen LogP) is 4.16. The number of rotatable bonds is 3. The van der Waals surface area contributed by atoms with Crippen LogP contribution in [0, 0.1) is 12.8 Å². The van der Waals surface area contributed by atoms with Gasteiger partial charge in [-0.3, -0.25) is 0 Å². The van der Waals surface area contributed by atoms with Crippen LogP contribution in [0.15, 0.2) is 27.6 Å². The molecule has 0 aromatic heterocycles. The second-order valence-electron chi connectivity index (χ2n) is 5.57. The van der Waals surface area contributed by atoms with E-state index in [0.717, 1.165) is 4.47 Å². The summed E-state index contributed by atoms with van der Waals surface area (Å²) in [4.78, 5) is -0.0142. The molecule has 1 aromatic carbocycles. The summed E-state index contributed by atoms with van der Waals surface area (Å²) in [7, 11) is -3.96. The molecule has 0 spiro atoms. The van der Waals surface area contributed by atoms with Crippen LogP contribution < -0.4 is 4.72 Å². The predicted molar refractivity (Wildman–Crippen MR) is 81.0 cm³/mol. The molecular formula is C14H17BrF3NO2S. The molecule has 8 heteroatoms. The van der Waals surface area contributed by atoms with Crippen molar-refractivity contribution >= 4 is 26.0 Å². The highest BCUT2D eigenvalue weighted by molar-refractivity contribution is 9.10. The minimum absolute atomic E-state index is 0.0142. The molecule has 0 radical (unpaired) electrons. The summed E-state index contributed by atoms with van der Waals surface area (Å²) >= 11 is 3.27. The maximum absolute atomic E-state index is 13.0. The van der Waals surface area contributed by atoms with Crippen LogP contribution in [-0.4, -0.2) is 20.6 Å². The van der Waals surface area contributed by atoms with E-state index in [1.807, 2.05) is 0 Å². The Hall–Kier alpha value is -0.600. The molecule has 124 valence electrons. The molecule has 2 rings (SSSR count). The van der Waals surface area contributed by atoms with E-state index >= 15 is 0 Å². The highest BCUT2D eigenvalue weighted by Gasteiger charge is 2.46. The maximum atomic E-state index is 13.0. The summed E-state index contributed by atoms with van der Waals surface area (Å²) in [6.07, 6.45) is -3.14. The number of hydrogen-bond acceptors (Lipinski definition) is 2. The summed E-state index contributed by atoms with van der Waals surface area (Å²) in [6, 6.07) is 3.30. The number of benzene rings is 1. The number of hydrogen-bond donors (Lipinski definition) is 1. The number of aryl methyl sites for hydroxylation is 1. The van der Waals surface area contributed by atoms with Gasteiger partial charge in [-0.05, 0) is 43.5 Å². The van der Waals surface area contributed by atoms with Gasteiger partial charge in [-0.1, -0.05) is 28.8 Å². The van der Waals surface area contributed by atoms with Gasteiger partial charge in [0.2, 0.25) is 10.0 Å². The van der Waals surface area contributed by atoms with Crippen LogP contribution in [0.4, 0.5) is 13.2 Å². The van der Waals surface area contributed by atoms with Gasteiger partial charge in [-0.15, -0.1) is 0 Å². The van der Waals surface area contributed by atoms with Crippen molar-refractivity contribution in [3.8, 4) is 0 Å². The fraction of sp³-hybridized carbons (Fsp3) is 0.571. The third-order valence-electron chi connectivity index (χ3n) is 3.93. The Labute approximate surface area is 136 Å². The lowest BCUT2D eigenvalue weighted by molar-refractivity contribution is -0.187. The van der Waals surface area contributed by atoms with Crippen molar-refractivity contribution in [2.45, 2.75) is 49.7 Å². The normalized spacial score (nSPS) is 23.5. The summed E-state index contributed by atoms with van der Waals surface area (Å²) in [5.41, 5.74) is 0.707. The topological polar surface area (TPSA) is 46.2 Å². The number of alkyl halides is 3. The molecule has 2 atom stereocenters. The third-order valence-corrected chi connectivity index (χ3v) is 6.31. The highest BCUT2D eigenvalue weighted by atomic mass is 79.9. The first kappa shape index (κ1) is 17.7. The van der Waals surface area contributed by atoms with Gasteiger partial charge in [0.15, 0.2) is 0 Å². The van der Waals surface area contributed by atoms with E-state index in [4.69, 9.17) is 0 Å². The average molecular weight is 400 g/mol. The van der Waals surface area contributed by atoms with Crippen LogP contribution in [-0.2, 0) is 10.0 Å². The highest BCUT2D eigenvalue weighted by Crippen LogP contribution is 2.38. The molecular weight excluding hydrogens is 383 g/mol. The Balaban J connectivity index is 2.24. The Morgan fingerprint density at radius 3 is 2.45 bits per heavy atom. The smallest absolute Gasteiger partial charge is 0.207 e. The van der Waals surface area contributed by atoms with Gasteiger partial charge >= 0.3 is 6.18 Å². The molecule has 0 aliphatic heterocycles. The van der Waals surface area contributed by atoms with Gasteiger partial charge in [-0.2, -0.15) is 13.2 Å². The number of nitrogens with one attached hydrogen (secondary N) is 1.